The first kappa shape index (κ1) is 20.8. The summed E-state index contributed by atoms with van der Waals surface area (Å²) in [4.78, 5) is 2.08. The predicted molar refractivity (Wildman–Crippen MR) is 111 cm³/mol. The molecule has 2 atom stereocenters. The monoisotopic (exact) mass is 403 g/mol. The van der Waals surface area contributed by atoms with Gasteiger partial charge in [-0.3, -0.25) is 4.90 Å². The maximum atomic E-state index is 12.0. The molecule has 0 amide bonds. The van der Waals surface area contributed by atoms with Gasteiger partial charge in [0.25, 0.3) is 0 Å². The molecule has 1 N–H and O–H groups in total. The van der Waals surface area contributed by atoms with E-state index in [1.54, 1.807) is 0 Å². The van der Waals surface area contributed by atoms with Crippen LogP contribution >= 0.6 is 0 Å². The van der Waals surface area contributed by atoms with Crippen molar-refractivity contribution in [1.82, 2.24) is 4.90 Å². The van der Waals surface area contributed by atoms with E-state index in [0.29, 0.717) is 19.5 Å². The Morgan fingerprint density at radius 2 is 1.68 bits per heavy atom. The van der Waals surface area contributed by atoms with Crippen LogP contribution in [0.15, 0.2) is 48.5 Å². The third-order valence-corrected chi connectivity index (χ3v) is 6.89. The number of aliphatic hydroxyl groups excluding tert-OH is 1. The van der Waals surface area contributed by atoms with Crippen molar-refractivity contribution < 1.29 is 18.3 Å². The fraction of sp³-hybridized carbons (Fsp3) is 0.455. The van der Waals surface area contributed by atoms with Gasteiger partial charge < -0.3 is 9.84 Å². The summed E-state index contributed by atoms with van der Waals surface area (Å²) in [5, 5.41) is 10.5. The van der Waals surface area contributed by atoms with E-state index < -0.39 is 15.9 Å². The van der Waals surface area contributed by atoms with Crippen molar-refractivity contribution in [3.8, 4) is 5.75 Å². The van der Waals surface area contributed by atoms with Gasteiger partial charge in [-0.2, -0.15) is 0 Å². The highest BCUT2D eigenvalue weighted by Crippen LogP contribution is 2.21. The number of aryl methyl sites for hydroxylation is 2. The fourth-order valence-electron chi connectivity index (χ4n) is 3.48. The van der Waals surface area contributed by atoms with Gasteiger partial charge in [0.05, 0.1) is 11.5 Å². The van der Waals surface area contributed by atoms with E-state index in [-0.39, 0.29) is 24.2 Å². The normalized spacial score (nSPS) is 19.6. The molecule has 6 heteroatoms. The maximum Gasteiger partial charge on any atom is 0.151 e. The standard InChI is InChI=1S/C22H29NO4S/c1-17-3-7-19(8-4-17)13-23(20-11-12-28(25,26)16-20)14-21(24)15-27-22-9-5-18(2)6-10-22/h3-10,20-21,24H,11-16H2,1-2H3. The third-order valence-electron chi connectivity index (χ3n) is 5.14. The van der Waals surface area contributed by atoms with Crippen LogP contribution in [0, 0.1) is 13.8 Å². The Morgan fingerprint density at radius 1 is 1.07 bits per heavy atom. The molecule has 0 aliphatic carbocycles. The minimum Gasteiger partial charge on any atom is -0.491 e. The van der Waals surface area contributed by atoms with Gasteiger partial charge in [-0.1, -0.05) is 47.5 Å². The number of hydrogen-bond acceptors (Lipinski definition) is 5. The summed E-state index contributed by atoms with van der Waals surface area (Å²) in [7, 11) is -2.99. The first-order valence-corrected chi connectivity index (χ1v) is 11.5. The van der Waals surface area contributed by atoms with E-state index in [9.17, 15) is 13.5 Å². The SMILES string of the molecule is Cc1ccc(CN(CC(O)COc2ccc(C)cc2)C2CCS(=O)(=O)C2)cc1. The summed E-state index contributed by atoms with van der Waals surface area (Å²) >= 11 is 0. The first-order valence-electron chi connectivity index (χ1n) is 9.68. The van der Waals surface area contributed by atoms with E-state index in [4.69, 9.17) is 4.74 Å². The summed E-state index contributed by atoms with van der Waals surface area (Å²) in [5.74, 6) is 1.10. The molecule has 0 spiro atoms. The van der Waals surface area contributed by atoms with Crippen molar-refractivity contribution in [1.29, 1.82) is 0 Å². The first-order chi connectivity index (χ1) is 13.3. The van der Waals surface area contributed by atoms with Crippen molar-refractivity contribution in [2.75, 3.05) is 24.7 Å². The minimum atomic E-state index is -2.99. The van der Waals surface area contributed by atoms with Crippen molar-refractivity contribution in [2.24, 2.45) is 0 Å². The second-order valence-electron chi connectivity index (χ2n) is 7.75. The predicted octanol–water partition coefficient (Wildman–Crippen LogP) is 2.73. The Hall–Kier alpha value is -1.89. The molecule has 2 aromatic rings. The molecule has 28 heavy (non-hydrogen) atoms. The molecule has 1 heterocycles. The second kappa shape index (κ2) is 9.07. The summed E-state index contributed by atoms with van der Waals surface area (Å²) in [5.41, 5.74) is 3.45. The van der Waals surface area contributed by atoms with Crippen molar-refractivity contribution in [3.05, 3.63) is 65.2 Å². The van der Waals surface area contributed by atoms with E-state index >= 15 is 0 Å². The molecule has 0 radical (unpaired) electrons. The molecular weight excluding hydrogens is 374 g/mol. The van der Waals surface area contributed by atoms with E-state index in [1.165, 1.54) is 5.56 Å². The number of rotatable bonds is 8. The van der Waals surface area contributed by atoms with Crippen LogP contribution in [0.3, 0.4) is 0 Å². The number of aliphatic hydroxyl groups is 1. The van der Waals surface area contributed by atoms with Gasteiger partial charge in [0, 0.05) is 19.1 Å². The van der Waals surface area contributed by atoms with Gasteiger partial charge in [-0.25, -0.2) is 8.42 Å². The summed E-state index contributed by atoms with van der Waals surface area (Å²) < 4.78 is 29.6. The molecule has 152 valence electrons. The smallest absolute Gasteiger partial charge is 0.151 e. The summed E-state index contributed by atoms with van der Waals surface area (Å²) in [6.45, 7) is 5.21. The van der Waals surface area contributed by atoms with Crippen LogP contribution in [0.2, 0.25) is 0 Å². The molecule has 1 aliphatic heterocycles. The maximum absolute atomic E-state index is 12.0. The zero-order valence-corrected chi connectivity index (χ0v) is 17.4. The van der Waals surface area contributed by atoms with E-state index in [0.717, 1.165) is 16.9 Å². The summed E-state index contributed by atoms with van der Waals surface area (Å²) in [6.07, 6.45) is -0.0882. The van der Waals surface area contributed by atoms with Gasteiger partial charge in [0.1, 0.15) is 18.5 Å². The largest absolute Gasteiger partial charge is 0.491 e. The lowest BCUT2D eigenvalue weighted by Gasteiger charge is -2.30. The number of sulfone groups is 1. The molecule has 0 aromatic heterocycles. The molecular formula is C22H29NO4S. The van der Waals surface area contributed by atoms with Gasteiger partial charge in [0.15, 0.2) is 9.84 Å². The van der Waals surface area contributed by atoms with Gasteiger partial charge in [0.2, 0.25) is 0 Å². The molecule has 1 fully saturated rings. The lowest BCUT2D eigenvalue weighted by atomic mass is 10.1. The van der Waals surface area contributed by atoms with Crippen LogP contribution in [0.5, 0.6) is 5.75 Å². The molecule has 0 bridgehead atoms. The number of ether oxygens (including phenoxy) is 1. The van der Waals surface area contributed by atoms with Crippen molar-refractivity contribution >= 4 is 9.84 Å². The van der Waals surface area contributed by atoms with Crippen LogP contribution in [0.4, 0.5) is 0 Å². The Labute approximate surface area is 167 Å². The zero-order valence-electron chi connectivity index (χ0n) is 16.5. The average molecular weight is 404 g/mol. The quantitative estimate of drug-likeness (QED) is 0.734. The fourth-order valence-corrected chi connectivity index (χ4v) is 5.25. The van der Waals surface area contributed by atoms with Gasteiger partial charge in [-0.05, 0) is 38.0 Å². The van der Waals surface area contributed by atoms with Crippen LogP contribution in [0.1, 0.15) is 23.1 Å². The molecule has 1 aliphatic rings. The van der Waals surface area contributed by atoms with Crippen LogP contribution < -0.4 is 4.74 Å². The van der Waals surface area contributed by atoms with Crippen LogP contribution in [0.25, 0.3) is 0 Å². The topological polar surface area (TPSA) is 66.8 Å². The summed E-state index contributed by atoms with van der Waals surface area (Å²) in [6, 6.07) is 15.9. The Morgan fingerprint density at radius 3 is 2.25 bits per heavy atom. The van der Waals surface area contributed by atoms with Crippen molar-refractivity contribution in [3.63, 3.8) is 0 Å². The average Bonchev–Trinajstić information content (AvgIpc) is 3.02. The highest BCUT2D eigenvalue weighted by molar-refractivity contribution is 7.91. The second-order valence-corrected chi connectivity index (χ2v) is 9.98. The van der Waals surface area contributed by atoms with Crippen LogP contribution in [-0.4, -0.2) is 55.2 Å². The van der Waals surface area contributed by atoms with Gasteiger partial charge >= 0.3 is 0 Å². The molecule has 2 unspecified atom stereocenters. The van der Waals surface area contributed by atoms with E-state index in [2.05, 4.69) is 29.2 Å². The van der Waals surface area contributed by atoms with Gasteiger partial charge in [-0.15, -0.1) is 0 Å². The number of benzene rings is 2. The highest BCUT2D eigenvalue weighted by atomic mass is 32.2. The Balaban J connectivity index is 1.63. The molecule has 1 saturated heterocycles. The Bertz CT molecular complexity index is 862. The van der Waals surface area contributed by atoms with E-state index in [1.807, 2.05) is 38.1 Å². The lowest BCUT2D eigenvalue weighted by Crippen LogP contribution is -2.42. The minimum absolute atomic E-state index is 0.0691. The lowest BCUT2D eigenvalue weighted by molar-refractivity contribution is 0.0525. The zero-order chi connectivity index (χ0) is 20.1. The number of nitrogens with zero attached hydrogens (tertiary/aromatic N) is 1. The Kier molecular flexibility index (Phi) is 6.75. The van der Waals surface area contributed by atoms with Crippen molar-refractivity contribution in [2.45, 2.75) is 39.0 Å². The highest BCUT2D eigenvalue weighted by Gasteiger charge is 2.33. The van der Waals surface area contributed by atoms with Crippen LogP contribution in [-0.2, 0) is 16.4 Å². The number of hydrogen-bond donors (Lipinski definition) is 1. The molecule has 3 rings (SSSR count). The molecule has 2 aromatic carbocycles. The molecule has 0 saturated carbocycles. The third kappa shape index (κ3) is 6.06. The molecule has 5 nitrogen and oxygen atoms in total.